The fourth-order valence-corrected chi connectivity index (χ4v) is 1.89. The van der Waals surface area contributed by atoms with Gasteiger partial charge in [0.1, 0.15) is 11.9 Å². The van der Waals surface area contributed by atoms with E-state index in [2.05, 4.69) is 0 Å². The predicted octanol–water partition coefficient (Wildman–Crippen LogP) is 3.84. The van der Waals surface area contributed by atoms with Crippen molar-refractivity contribution in [3.8, 4) is 0 Å². The van der Waals surface area contributed by atoms with Crippen molar-refractivity contribution in [1.29, 1.82) is 0 Å². The number of benzene rings is 2. The van der Waals surface area contributed by atoms with Crippen LogP contribution in [0.2, 0.25) is 5.02 Å². The molecule has 18 heavy (non-hydrogen) atoms. The summed E-state index contributed by atoms with van der Waals surface area (Å²) in [6.07, 6.45) is -1.45. The van der Waals surface area contributed by atoms with Gasteiger partial charge in [-0.2, -0.15) is 0 Å². The van der Waals surface area contributed by atoms with Crippen LogP contribution in [0.4, 0.5) is 13.2 Å². The van der Waals surface area contributed by atoms with Crippen molar-refractivity contribution < 1.29 is 18.3 Å². The minimum Gasteiger partial charge on any atom is -0.383 e. The van der Waals surface area contributed by atoms with E-state index in [1.807, 2.05) is 0 Å². The van der Waals surface area contributed by atoms with Crippen LogP contribution < -0.4 is 0 Å². The maximum absolute atomic E-state index is 13.6. The highest BCUT2D eigenvalue weighted by atomic mass is 35.5. The molecular formula is C13H8ClF3O. The van der Waals surface area contributed by atoms with E-state index in [0.717, 1.165) is 18.2 Å². The van der Waals surface area contributed by atoms with Gasteiger partial charge in [0.15, 0.2) is 11.6 Å². The average Bonchev–Trinajstić information content (AvgIpc) is 2.32. The van der Waals surface area contributed by atoms with E-state index in [1.54, 1.807) is 0 Å². The first kappa shape index (κ1) is 12.9. The van der Waals surface area contributed by atoms with Crippen molar-refractivity contribution in [3.63, 3.8) is 0 Å². The maximum atomic E-state index is 13.6. The van der Waals surface area contributed by atoms with E-state index in [4.69, 9.17) is 11.6 Å². The lowest BCUT2D eigenvalue weighted by Crippen LogP contribution is -2.04. The van der Waals surface area contributed by atoms with Crippen molar-refractivity contribution >= 4 is 11.6 Å². The van der Waals surface area contributed by atoms with E-state index in [1.165, 1.54) is 18.2 Å². The van der Waals surface area contributed by atoms with E-state index in [-0.39, 0.29) is 16.1 Å². The standard InChI is InChI=1S/C13H8ClF3O/c14-8-2-1-3-10(16)12(8)13(18)7-4-5-9(15)11(17)6-7/h1-6,13,18H. The second-order valence-electron chi connectivity index (χ2n) is 3.71. The van der Waals surface area contributed by atoms with Crippen LogP contribution in [0.25, 0.3) is 0 Å². The molecule has 1 N–H and O–H groups in total. The summed E-state index contributed by atoms with van der Waals surface area (Å²) in [7, 11) is 0. The second-order valence-corrected chi connectivity index (χ2v) is 4.12. The normalized spacial score (nSPS) is 12.5. The first-order chi connectivity index (χ1) is 8.50. The van der Waals surface area contributed by atoms with E-state index < -0.39 is 23.6 Å². The van der Waals surface area contributed by atoms with Gasteiger partial charge in [0.2, 0.25) is 0 Å². The molecule has 2 aromatic carbocycles. The van der Waals surface area contributed by atoms with Gasteiger partial charge in [-0.25, -0.2) is 13.2 Å². The van der Waals surface area contributed by atoms with Crippen LogP contribution in [0, 0.1) is 17.5 Å². The van der Waals surface area contributed by atoms with Crippen LogP contribution in [-0.2, 0) is 0 Å². The summed E-state index contributed by atoms with van der Waals surface area (Å²) < 4.78 is 39.4. The van der Waals surface area contributed by atoms with Gasteiger partial charge in [0.25, 0.3) is 0 Å². The van der Waals surface area contributed by atoms with Gasteiger partial charge in [-0.1, -0.05) is 23.7 Å². The van der Waals surface area contributed by atoms with Gasteiger partial charge >= 0.3 is 0 Å². The lowest BCUT2D eigenvalue weighted by atomic mass is 10.0. The lowest BCUT2D eigenvalue weighted by molar-refractivity contribution is 0.214. The fourth-order valence-electron chi connectivity index (χ4n) is 1.62. The molecule has 0 saturated heterocycles. The summed E-state index contributed by atoms with van der Waals surface area (Å²) in [6, 6.07) is 6.77. The summed E-state index contributed by atoms with van der Waals surface area (Å²) >= 11 is 5.78. The molecule has 0 aliphatic carbocycles. The van der Waals surface area contributed by atoms with E-state index >= 15 is 0 Å². The number of aliphatic hydroxyl groups excluding tert-OH is 1. The smallest absolute Gasteiger partial charge is 0.159 e. The minimum absolute atomic E-state index is 0.0206. The molecule has 0 radical (unpaired) electrons. The molecule has 0 aliphatic rings. The van der Waals surface area contributed by atoms with Gasteiger partial charge in [-0.15, -0.1) is 0 Å². The quantitative estimate of drug-likeness (QED) is 0.881. The molecule has 0 fully saturated rings. The number of halogens is 4. The summed E-state index contributed by atoms with van der Waals surface area (Å²) in [6.45, 7) is 0. The molecule has 0 aromatic heterocycles. The molecule has 5 heteroatoms. The summed E-state index contributed by atoms with van der Waals surface area (Å²) in [5.74, 6) is -2.86. The zero-order valence-corrected chi connectivity index (χ0v) is 9.76. The average molecular weight is 273 g/mol. The maximum Gasteiger partial charge on any atom is 0.159 e. The monoisotopic (exact) mass is 272 g/mol. The Hall–Kier alpha value is -1.52. The Kier molecular flexibility index (Phi) is 3.59. The van der Waals surface area contributed by atoms with Crippen LogP contribution in [-0.4, -0.2) is 5.11 Å². The van der Waals surface area contributed by atoms with Crippen molar-refractivity contribution in [1.82, 2.24) is 0 Å². The van der Waals surface area contributed by atoms with Gasteiger partial charge < -0.3 is 5.11 Å². The molecule has 1 atom stereocenters. The summed E-state index contributed by atoms with van der Waals surface area (Å²) in [5, 5.41) is 9.98. The third kappa shape index (κ3) is 2.35. The molecule has 0 aliphatic heterocycles. The van der Waals surface area contributed by atoms with Gasteiger partial charge in [-0.05, 0) is 29.8 Å². The third-order valence-electron chi connectivity index (χ3n) is 2.53. The molecule has 2 aromatic rings. The molecule has 0 saturated carbocycles. The Balaban J connectivity index is 2.48. The largest absolute Gasteiger partial charge is 0.383 e. The van der Waals surface area contributed by atoms with E-state index in [0.29, 0.717) is 0 Å². The Morgan fingerprint density at radius 3 is 2.28 bits per heavy atom. The molecule has 1 nitrogen and oxygen atoms in total. The Bertz CT molecular complexity index is 566. The molecule has 1 unspecified atom stereocenters. The first-order valence-electron chi connectivity index (χ1n) is 5.07. The van der Waals surface area contributed by atoms with Crippen LogP contribution in [0.5, 0.6) is 0 Å². The van der Waals surface area contributed by atoms with Gasteiger partial charge in [-0.3, -0.25) is 0 Å². The highest BCUT2D eigenvalue weighted by molar-refractivity contribution is 6.31. The van der Waals surface area contributed by atoms with E-state index in [9.17, 15) is 18.3 Å². The minimum atomic E-state index is -1.45. The fraction of sp³-hybridized carbons (Fsp3) is 0.0769. The highest BCUT2D eigenvalue weighted by Crippen LogP contribution is 2.30. The predicted molar refractivity (Wildman–Crippen MR) is 61.8 cm³/mol. The highest BCUT2D eigenvalue weighted by Gasteiger charge is 2.19. The number of hydrogen-bond donors (Lipinski definition) is 1. The molecule has 2 rings (SSSR count). The number of rotatable bonds is 2. The Morgan fingerprint density at radius 1 is 0.944 bits per heavy atom. The first-order valence-corrected chi connectivity index (χ1v) is 5.45. The molecule has 94 valence electrons. The Morgan fingerprint density at radius 2 is 1.67 bits per heavy atom. The van der Waals surface area contributed by atoms with Crippen molar-refractivity contribution in [2.24, 2.45) is 0 Å². The molecule has 0 spiro atoms. The van der Waals surface area contributed by atoms with Crippen LogP contribution in [0.3, 0.4) is 0 Å². The second kappa shape index (κ2) is 5.00. The van der Waals surface area contributed by atoms with Crippen LogP contribution in [0.1, 0.15) is 17.2 Å². The SMILES string of the molecule is OC(c1ccc(F)c(F)c1)c1c(F)cccc1Cl. The van der Waals surface area contributed by atoms with Crippen molar-refractivity contribution in [2.45, 2.75) is 6.10 Å². The number of hydrogen-bond acceptors (Lipinski definition) is 1. The molecule has 0 amide bonds. The van der Waals surface area contributed by atoms with Gasteiger partial charge in [0, 0.05) is 10.6 Å². The van der Waals surface area contributed by atoms with Crippen LogP contribution >= 0.6 is 11.6 Å². The Labute approximate surface area is 106 Å². The van der Waals surface area contributed by atoms with Crippen LogP contribution in [0.15, 0.2) is 36.4 Å². The third-order valence-corrected chi connectivity index (χ3v) is 2.86. The topological polar surface area (TPSA) is 20.2 Å². The molecule has 0 bridgehead atoms. The van der Waals surface area contributed by atoms with Crippen molar-refractivity contribution in [3.05, 3.63) is 70.0 Å². The lowest BCUT2D eigenvalue weighted by Gasteiger charge is -2.14. The summed E-state index contributed by atoms with van der Waals surface area (Å²) in [5.41, 5.74) is -0.133. The zero-order chi connectivity index (χ0) is 13.3. The number of aliphatic hydroxyl groups is 1. The van der Waals surface area contributed by atoms with Crippen molar-refractivity contribution in [2.75, 3.05) is 0 Å². The zero-order valence-electron chi connectivity index (χ0n) is 9.00. The summed E-state index contributed by atoms with van der Waals surface area (Å²) in [4.78, 5) is 0. The van der Waals surface area contributed by atoms with Gasteiger partial charge in [0.05, 0.1) is 0 Å². The molecular weight excluding hydrogens is 265 g/mol. The molecule has 0 heterocycles.